The molecule has 0 saturated heterocycles. The number of hydrogen-bond acceptors (Lipinski definition) is 8. The zero-order chi connectivity index (χ0) is 24.2. The number of nitrogens with one attached hydrogen (secondary N) is 3. The van der Waals surface area contributed by atoms with Gasteiger partial charge in [-0.2, -0.15) is 5.10 Å². The van der Waals surface area contributed by atoms with Crippen molar-refractivity contribution < 1.29 is 19.4 Å². The van der Waals surface area contributed by atoms with Gasteiger partial charge in [0.15, 0.2) is 11.6 Å². The first-order valence-electron chi connectivity index (χ1n) is 11.3. The summed E-state index contributed by atoms with van der Waals surface area (Å²) in [6.07, 6.45) is 2.74. The summed E-state index contributed by atoms with van der Waals surface area (Å²) in [5.41, 5.74) is 3.85. The molecule has 35 heavy (non-hydrogen) atoms. The number of nitrogens with zero attached hydrogens (tertiary/aromatic N) is 3. The minimum absolute atomic E-state index is 0.0139. The van der Waals surface area contributed by atoms with Crippen molar-refractivity contribution in [3.05, 3.63) is 59.4 Å². The van der Waals surface area contributed by atoms with E-state index in [0.29, 0.717) is 29.6 Å². The second-order valence-corrected chi connectivity index (χ2v) is 8.79. The number of aliphatic hydroxyl groups is 1. The molecule has 0 radical (unpaired) electrons. The Bertz CT molecular complexity index is 1470. The largest absolute Gasteiger partial charge is 0.497 e. The molecule has 6 rings (SSSR count). The number of fused-ring (bicyclic) bond motifs is 3. The summed E-state index contributed by atoms with van der Waals surface area (Å²) >= 11 is 0. The zero-order valence-electron chi connectivity index (χ0n) is 19.3. The molecule has 2 aromatic carbocycles. The first-order chi connectivity index (χ1) is 17.1. The topological polar surface area (TPSA) is 134 Å². The molecule has 0 bridgehead atoms. The number of amides is 1. The Morgan fingerprint density at radius 2 is 2.06 bits per heavy atom. The third kappa shape index (κ3) is 3.28. The summed E-state index contributed by atoms with van der Waals surface area (Å²) < 4.78 is 10.8. The number of H-pyrrole nitrogens is 1. The first kappa shape index (κ1) is 21.4. The second-order valence-electron chi connectivity index (χ2n) is 8.79. The van der Waals surface area contributed by atoms with Crippen LogP contribution in [-0.2, 0) is 16.6 Å². The van der Waals surface area contributed by atoms with Crippen molar-refractivity contribution in [1.29, 1.82) is 0 Å². The van der Waals surface area contributed by atoms with Crippen molar-refractivity contribution in [2.75, 3.05) is 31.5 Å². The van der Waals surface area contributed by atoms with Crippen LogP contribution in [0, 0.1) is 0 Å². The van der Waals surface area contributed by atoms with Gasteiger partial charge in [-0.15, -0.1) is 0 Å². The predicted octanol–water partition coefficient (Wildman–Crippen LogP) is 3.03. The molecule has 2 aliphatic rings. The summed E-state index contributed by atoms with van der Waals surface area (Å²) in [4.78, 5) is 21.7. The highest BCUT2D eigenvalue weighted by atomic mass is 16.5. The highest BCUT2D eigenvalue weighted by Gasteiger charge is 2.65. The molecule has 10 nitrogen and oxygen atoms in total. The monoisotopic (exact) mass is 472 g/mol. The third-order valence-corrected chi connectivity index (χ3v) is 6.90. The standard InChI is InChI=1S/C25H24N6O4/c1-34-15-4-6-19-17(10-15)25(24(33)28-19)11-18(25)13-3-5-16-20(9-13)30-31-21(16)29-22-23(35-2)27-14(7-8-32)12-26-22/h3-6,9-10,12,18,32H,7-8,11H2,1-2H3,(H,28,33)(H2,26,29,30,31)/t18-,25?/m0/s1. The van der Waals surface area contributed by atoms with Gasteiger partial charge >= 0.3 is 0 Å². The highest BCUT2D eigenvalue weighted by Crippen LogP contribution is 2.65. The van der Waals surface area contributed by atoms with Crippen molar-refractivity contribution in [2.24, 2.45) is 0 Å². The normalized spacial score (nSPS) is 20.1. The summed E-state index contributed by atoms with van der Waals surface area (Å²) in [6.45, 7) is -0.0139. The second kappa shape index (κ2) is 7.95. The van der Waals surface area contributed by atoms with E-state index in [2.05, 4.69) is 30.8 Å². The van der Waals surface area contributed by atoms with Gasteiger partial charge < -0.3 is 25.2 Å². The number of carbonyl (C=O) groups excluding carboxylic acids is 1. The van der Waals surface area contributed by atoms with Crippen LogP contribution in [-0.4, -0.2) is 52.0 Å². The van der Waals surface area contributed by atoms with Gasteiger partial charge in [0, 0.05) is 30.0 Å². The summed E-state index contributed by atoms with van der Waals surface area (Å²) in [7, 11) is 3.15. The minimum Gasteiger partial charge on any atom is -0.497 e. The van der Waals surface area contributed by atoms with Crippen LogP contribution >= 0.6 is 0 Å². The Kier molecular flexibility index (Phi) is 4.85. The van der Waals surface area contributed by atoms with Crippen molar-refractivity contribution in [2.45, 2.75) is 24.2 Å². The summed E-state index contributed by atoms with van der Waals surface area (Å²) in [5, 5.41) is 23.7. The molecule has 1 saturated carbocycles. The number of benzene rings is 2. The summed E-state index contributed by atoms with van der Waals surface area (Å²) in [6, 6.07) is 11.8. The number of methoxy groups -OCH3 is 2. The van der Waals surface area contributed by atoms with E-state index in [0.717, 1.165) is 39.9 Å². The zero-order valence-corrected chi connectivity index (χ0v) is 19.3. The SMILES string of the molecule is COc1ccc2c(c1)C1(C[C@H]1c1ccc3c(Nc4ncc(CCO)nc4OC)n[nH]c3c1)C(=O)N2. The van der Waals surface area contributed by atoms with Gasteiger partial charge in [-0.1, -0.05) is 6.07 Å². The molecule has 1 spiro atoms. The van der Waals surface area contributed by atoms with E-state index < -0.39 is 5.41 Å². The van der Waals surface area contributed by atoms with E-state index in [1.54, 1.807) is 13.3 Å². The average Bonchev–Trinajstić information content (AvgIpc) is 3.43. The maximum atomic E-state index is 13.0. The number of aromatic nitrogens is 4. The van der Waals surface area contributed by atoms with Gasteiger partial charge in [0.25, 0.3) is 5.88 Å². The van der Waals surface area contributed by atoms with Crippen LogP contribution in [0.15, 0.2) is 42.6 Å². The Morgan fingerprint density at radius 3 is 2.86 bits per heavy atom. The number of aliphatic hydroxyl groups excluding tert-OH is 1. The Labute approximate surface area is 200 Å². The van der Waals surface area contributed by atoms with Gasteiger partial charge in [-0.3, -0.25) is 9.89 Å². The fourth-order valence-corrected chi connectivity index (χ4v) is 5.03. The number of carbonyl (C=O) groups is 1. The Balaban J connectivity index is 1.29. The summed E-state index contributed by atoms with van der Waals surface area (Å²) in [5.74, 6) is 2.20. The lowest BCUT2D eigenvalue weighted by Gasteiger charge is -2.11. The smallest absolute Gasteiger partial charge is 0.257 e. The third-order valence-electron chi connectivity index (χ3n) is 6.90. The van der Waals surface area contributed by atoms with Gasteiger partial charge in [-0.05, 0) is 47.9 Å². The van der Waals surface area contributed by atoms with E-state index in [1.165, 1.54) is 7.11 Å². The molecule has 1 amide bonds. The van der Waals surface area contributed by atoms with Crippen LogP contribution in [0.2, 0.25) is 0 Å². The lowest BCUT2D eigenvalue weighted by atomic mass is 9.91. The lowest BCUT2D eigenvalue weighted by Crippen LogP contribution is -2.21. The predicted molar refractivity (Wildman–Crippen MR) is 129 cm³/mol. The molecule has 1 aliphatic heterocycles. The van der Waals surface area contributed by atoms with Gasteiger partial charge in [0.05, 0.1) is 37.0 Å². The number of aromatic amines is 1. The molecule has 1 fully saturated rings. The van der Waals surface area contributed by atoms with E-state index >= 15 is 0 Å². The quantitative estimate of drug-likeness (QED) is 0.322. The molecule has 2 aromatic heterocycles. The fraction of sp³-hybridized carbons (Fsp3) is 0.280. The molecule has 4 aromatic rings. The molecule has 3 heterocycles. The van der Waals surface area contributed by atoms with Crippen molar-refractivity contribution >= 4 is 34.1 Å². The fourth-order valence-electron chi connectivity index (χ4n) is 5.03. The molecule has 4 N–H and O–H groups in total. The molecular formula is C25H24N6O4. The van der Waals surface area contributed by atoms with Gasteiger partial charge in [0.1, 0.15) is 5.75 Å². The van der Waals surface area contributed by atoms with E-state index in [1.807, 2.05) is 36.4 Å². The molecule has 1 aliphatic carbocycles. The molecular weight excluding hydrogens is 448 g/mol. The van der Waals surface area contributed by atoms with Crippen LogP contribution < -0.4 is 20.1 Å². The van der Waals surface area contributed by atoms with E-state index in [-0.39, 0.29) is 18.4 Å². The lowest BCUT2D eigenvalue weighted by molar-refractivity contribution is -0.118. The molecule has 2 atom stereocenters. The Hall–Kier alpha value is -4.18. The van der Waals surface area contributed by atoms with Crippen LogP contribution in [0.1, 0.15) is 29.2 Å². The van der Waals surface area contributed by atoms with Crippen LogP contribution in [0.5, 0.6) is 11.6 Å². The Morgan fingerprint density at radius 1 is 1.17 bits per heavy atom. The van der Waals surface area contributed by atoms with Crippen molar-refractivity contribution in [3.63, 3.8) is 0 Å². The number of hydrogen-bond donors (Lipinski definition) is 4. The number of ether oxygens (including phenoxy) is 2. The molecule has 10 heteroatoms. The van der Waals surface area contributed by atoms with E-state index in [9.17, 15) is 4.79 Å². The molecule has 1 unspecified atom stereocenters. The van der Waals surface area contributed by atoms with Gasteiger partial charge in [0.2, 0.25) is 5.91 Å². The van der Waals surface area contributed by atoms with Gasteiger partial charge in [-0.25, -0.2) is 9.97 Å². The maximum Gasteiger partial charge on any atom is 0.257 e. The minimum atomic E-state index is -0.558. The van der Waals surface area contributed by atoms with Crippen LogP contribution in [0.3, 0.4) is 0 Å². The average molecular weight is 473 g/mol. The number of anilines is 3. The number of rotatable bonds is 7. The molecule has 178 valence electrons. The van der Waals surface area contributed by atoms with Crippen LogP contribution in [0.4, 0.5) is 17.3 Å². The first-order valence-corrected chi connectivity index (χ1v) is 11.3. The van der Waals surface area contributed by atoms with E-state index in [4.69, 9.17) is 14.6 Å². The van der Waals surface area contributed by atoms with Crippen LogP contribution in [0.25, 0.3) is 10.9 Å². The highest BCUT2D eigenvalue weighted by molar-refractivity contribution is 6.10. The maximum absolute atomic E-state index is 13.0. The van der Waals surface area contributed by atoms with Crippen molar-refractivity contribution in [1.82, 2.24) is 20.2 Å². The van der Waals surface area contributed by atoms with Crippen molar-refractivity contribution in [3.8, 4) is 11.6 Å².